The number of phenols is 1. The third kappa shape index (κ3) is 4.75. The van der Waals surface area contributed by atoms with Crippen LogP contribution in [-0.4, -0.2) is 61.9 Å². The fraction of sp³-hybridized carbons (Fsp3) is 0.417. The third-order valence-corrected chi connectivity index (χ3v) is 6.01. The summed E-state index contributed by atoms with van der Waals surface area (Å²) in [4.78, 5) is 37.7. The Kier molecular flexibility index (Phi) is 6.35. The number of hydrogen-bond donors (Lipinski definition) is 1. The van der Waals surface area contributed by atoms with Crippen molar-refractivity contribution in [2.24, 2.45) is 0 Å². The first-order valence-electron chi connectivity index (χ1n) is 11.2. The fourth-order valence-electron chi connectivity index (χ4n) is 4.20. The average Bonchev–Trinajstić information content (AvgIpc) is 2.75. The second kappa shape index (κ2) is 8.99. The highest BCUT2D eigenvalue weighted by Crippen LogP contribution is 2.32. The third-order valence-electron chi connectivity index (χ3n) is 5.75. The Balaban J connectivity index is 1.81. The first kappa shape index (κ1) is 24.7. The smallest absolute Gasteiger partial charge is 0.410 e. The molecule has 1 aromatic carbocycles. The van der Waals surface area contributed by atoms with Crippen LogP contribution in [-0.2, 0) is 4.74 Å². The molecule has 1 N–H and O–H groups in total. The first-order valence-corrected chi connectivity index (χ1v) is 11.6. The van der Waals surface area contributed by atoms with Crippen LogP contribution in [0.15, 0.2) is 29.1 Å². The molecule has 3 aromatic rings. The van der Waals surface area contributed by atoms with E-state index in [4.69, 9.17) is 16.3 Å². The molecule has 1 atom stereocenters. The molecule has 186 valence electrons. The monoisotopic (exact) mass is 503 g/mol. The van der Waals surface area contributed by atoms with Crippen LogP contribution in [0.5, 0.6) is 5.75 Å². The molecule has 0 unspecified atom stereocenters. The van der Waals surface area contributed by atoms with Crippen LogP contribution < -0.4 is 10.6 Å². The number of piperazine rings is 1. The Morgan fingerprint density at radius 3 is 2.60 bits per heavy atom. The minimum absolute atomic E-state index is 0.0674. The van der Waals surface area contributed by atoms with Crippen LogP contribution in [0.2, 0.25) is 5.15 Å². The highest BCUT2D eigenvalue weighted by Gasteiger charge is 2.32. The van der Waals surface area contributed by atoms with Crippen LogP contribution >= 0.6 is 11.6 Å². The highest BCUT2D eigenvalue weighted by molar-refractivity contribution is 6.30. The second-order valence-corrected chi connectivity index (χ2v) is 9.95. The summed E-state index contributed by atoms with van der Waals surface area (Å²) in [6, 6.07) is 5.75. The number of rotatable bonds is 2. The minimum atomic E-state index is -0.763. The van der Waals surface area contributed by atoms with Crippen molar-refractivity contribution in [3.63, 3.8) is 0 Å². The predicted molar refractivity (Wildman–Crippen MR) is 131 cm³/mol. The maximum Gasteiger partial charge on any atom is 0.410 e. The van der Waals surface area contributed by atoms with E-state index in [9.17, 15) is 19.1 Å². The van der Waals surface area contributed by atoms with Crippen LogP contribution in [0.1, 0.15) is 33.3 Å². The maximum atomic E-state index is 14.6. The number of amides is 1. The molecule has 0 aliphatic carbocycles. The zero-order chi connectivity index (χ0) is 25.7. The zero-order valence-corrected chi connectivity index (χ0v) is 20.9. The van der Waals surface area contributed by atoms with Gasteiger partial charge in [0.1, 0.15) is 17.2 Å². The van der Waals surface area contributed by atoms with Gasteiger partial charge in [-0.15, -0.1) is 0 Å². The largest absolute Gasteiger partial charge is 0.506 e. The summed E-state index contributed by atoms with van der Waals surface area (Å²) < 4.78 is 21.2. The van der Waals surface area contributed by atoms with E-state index in [-0.39, 0.29) is 34.3 Å². The number of halogens is 2. The van der Waals surface area contributed by atoms with E-state index in [2.05, 4.69) is 9.97 Å². The number of carbonyl (C=O) groups excluding carboxylic acids is 1. The molecule has 1 aliphatic rings. The second-order valence-electron chi connectivity index (χ2n) is 9.60. The Morgan fingerprint density at radius 2 is 1.97 bits per heavy atom. The van der Waals surface area contributed by atoms with Gasteiger partial charge in [-0.3, -0.25) is 0 Å². The number of anilines is 1. The number of aromatic nitrogens is 3. The van der Waals surface area contributed by atoms with Gasteiger partial charge in [-0.05, 0) is 52.3 Å². The average molecular weight is 504 g/mol. The highest BCUT2D eigenvalue weighted by atomic mass is 35.5. The van der Waals surface area contributed by atoms with Gasteiger partial charge in [0.05, 0.1) is 11.1 Å². The number of ether oxygens (including phenoxy) is 1. The van der Waals surface area contributed by atoms with Gasteiger partial charge in [0.15, 0.2) is 16.6 Å². The topological polar surface area (TPSA) is 101 Å². The number of carbonyl (C=O) groups is 1. The van der Waals surface area contributed by atoms with Crippen molar-refractivity contribution in [1.82, 2.24) is 19.4 Å². The minimum Gasteiger partial charge on any atom is -0.506 e. The fourth-order valence-corrected chi connectivity index (χ4v) is 4.34. The van der Waals surface area contributed by atoms with Crippen molar-refractivity contribution >= 4 is 34.5 Å². The van der Waals surface area contributed by atoms with Gasteiger partial charge in [0.2, 0.25) is 0 Å². The summed E-state index contributed by atoms with van der Waals surface area (Å²) in [7, 11) is 0. The Morgan fingerprint density at radius 1 is 1.26 bits per heavy atom. The number of aromatic hydroxyl groups is 1. The van der Waals surface area contributed by atoms with Crippen LogP contribution in [0, 0.1) is 12.7 Å². The molecule has 0 spiro atoms. The van der Waals surface area contributed by atoms with Gasteiger partial charge in [-0.2, -0.15) is 4.98 Å². The standard InChI is InChI=1S/C24H27ClFN5O4/c1-13-7-6-8-17(32)18(13)31-21-15(11-16(26)19(25)27-21)20(28-22(31)33)30-10-9-29(12-14(30)2)23(34)35-24(3,4)5/h6-8,11,14,32H,9-10,12H2,1-5H3/t14-/m0/s1. The van der Waals surface area contributed by atoms with Crippen molar-refractivity contribution in [2.45, 2.75) is 46.3 Å². The Bertz CT molecular complexity index is 1350. The van der Waals surface area contributed by atoms with E-state index in [1.807, 2.05) is 11.8 Å². The number of phenolic OH excluding ortho intramolecular Hbond substituents is 1. The number of hydrogen-bond acceptors (Lipinski definition) is 7. The molecule has 1 saturated heterocycles. The van der Waals surface area contributed by atoms with E-state index in [1.165, 1.54) is 12.1 Å². The molecule has 35 heavy (non-hydrogen) atoms. The van der Waals surface area contributed by atoms with Crippen molar-refractivity contribution < 1.29 is 19.0 Å². The molecular formula is C24H27ClFN5O4. The molecule has 2 aromatic heterocycles. The lowest BCUT2D eigenvalue weighted by molar-refractivity contribution is 0.0218. The summed E-state index contributed by atoms with van der Waals surface area (Å²) in [6.45, 7) is 9.99. The van der Waals surface area contributed by atoms with Gasteiger partial charge in [-0.25, -0.2) is 23.5 Å². The number of benzene rings is 1. The van der Waals surface area contributed by atoms with Gasteiger partial charge < -0.3 is 19.6 Å². The SMILES string of the molecule is Cc1cccc(O)c1-n1c(=O)nc(N2CCN(C(=O)OC(C)(C)C)C[C@@H]2C)c2cc(F)c(Cl)nc21. The Hall–Kier alpha value is -3.40. The normalized spacial score (nSPS) is 16.6. The van der Waals surface area contributed by atoms with Crippen LogP contribution in [0.4, 0.5) is 15.0 Å². The van der Waals surface area contributed by atoms with E-state index in [0.29, 0.717) is 25.2 Å². The molecule has 0 saturated carbocycles. The van der Waals surface area contributed by atoms with E-state index < -0.39 is 28.4 Å². The van der Waals surface area contributed by atoms with Gasteiger partial charge in [0, 0.05) is 25.7 Å². The summed E-state index contributed by atoms with van der Waals surface area (Å²) in [5.74, 6) is -0.681. The number of pyridine rings is 1. The van der Waals surface area contributed by atoms with Gasteiger partial charge in [-0.1, -0.05) is 23.7 Å². The quantitative estimate of drug-likeness (QED) is 0.527. The Labute approximate surface area is 206 Å². The molecule has 0 bridgehead atoms. The first-order chi connectivity index (χ1) is 16.4. The molecule has 1 aliphatic heterocycles. The molecular weight excluding hydrogens is 477 g/mol. The number of fused-ring (bicyclic) bond motifs is 1. The maximum absolute atomic E-state index is 14.6. The molecule has 9 nitrogen and oxygen atoms in total. The number of aryl methyl sites for hydroxylation is 1. The summed E-state index contributed by atoms with van der Waals surface area (Å²) in [6.07, 6.45) is -0.424. The molecule has 4 rings (SSSR count). The number of para-hydroxylation sites is 1. The number of nitrogens with zero attached hydrogens (tertiary/aromatic N) is 5. The van der Waals surface area contributed by atoms with Crippen molar-refractivity contribution in [3.05, 3.63) is 51.3 Å². The lowest BCUT2D eigenvalue weighted by atomic mass is 10.1. The van der Waals surface area contributed by atoms with Crippen molar-refractivity contribution in [2.75, 3.05) is 24.5 Å². The van der Waals surface area contributed by atoms with Crippen molar-refractivity contribution in [1.29, 1.82) is 0 Å². The van der Waals surface area contributed by atoms with E-state index >= 15 is 0 Å². The van der Waals surface area contributed by atoms with Crippen molar-refractivity contribution in [3.8, 4) is 11.4 Å². The van der Waals surface area contributed by atoms with E-state index in [1.54, 1.807) is 44.7 Å². The lowest BCUT2D eigenvalue weighted by Gasteiger charge is -2.41. The summed E-state index contributed by atoms with van der Waals surface area (Å²) in [5.41, 5.74) is -0.459. The zero-order valence-electron chi connectivity index (χ0n) is 20.2. The van der Waals surface area contributed by atoms with Gasteiger partial charge in [0.25, 0.3) is 0 Å². The predicted octanol–water partition coefficient (Wildman–Crippen LogP) is 4.03. The molecule has 11 heteroatoms. The van der Waals surface area contributed by atoms with Gasteiger partial charge >= 0.3 is 11.8 Å². The summed E-state index contributed by atoms with van der Waals surface area (Å²) >= 11 is 6.00. The molecule has 3 heterocycles. The summed E-state index contributed by atoms with van der Waals surface area (Å²) in [5, 5.41) is 10.3. The molecule has 0 radical (unpaired) electrons. The van der Waals surface area contributed by atoms with E-state index in [0.717, 1.165) is 4.57 Å². The molecule has 1 amide bonds. The lowest BCUT2D eigenvalue weighted by Crippen LogP contribution is -2.55. The van der Waals surface area contributed by atoms with Crippen LogP contribution in [0.3, 0.4) is 0 Å². The van der Waals surface area contributed by atoms with Crippen LogP contribution in [0.25, 0.3) is 16.7 Å². The molecule has 1 fully saturated rings.